The maximum atomic E-state index is 12.3. The Morgan fingerprint density at radius 1 is 1.31 bits per heavy atom. The van der Waals surface area contributed by atoms with Gasteiger partial charge in [0.15, 0.2) is 0 Å². The molecule has 72 valence electrons. The molecule has 0 fully saturated rings. The van der Waals surface area contributed by atoms with E-state index >= 15 is 0 Å². The first-order valence-corrected chi connectivity index (χ1v) is 4.58. The highest BCUT2D eigenvalue weighted by Gasteiger charge is 2.32. The molecule has 0 saturated heterocycles. The van der Waals surface area contributed by atoms with Crippen molar-refractivity contribution in [2.75, 3.05) is 0 Å². The zero-order valence-corrected chi connectivity index (χ0v) is 8.69. The monoisotopic (exact) mass is 301 g/mol. The molecule has 0 aliphatic heterocycles. The van der Waals surface area contributed by atoms with Crippen LogP contribution in [0.1, 0.15) is 11.1 Å². The lowest BCUT2D eigenvalue weighted by molar-refractivity contribution is -0.138. The minimum absolute atomic E-state index is 0.0916. The first-order valence-electron chi connectivity index (χ1n) is 3.51. The van der Waals surface area contributed by atoms with Crippen LogP contribution >= 0.6 is 22.6 Å². The highest BCUT2D eigenvalue weighted by atomic mass is 127. The summed E-state index contributed by atoms with van der Waals surface area (Å²) in [5.41, 5.74) is 4.71. The molecule has 0 unspecified atom stereocenters. The molecule has 0 bridgehead atoms. The van der Waals surface area contributed by atoms with Crippen molar-refractivity contribution in [3.05, 3.63) is 32.9 Å². The van der Waals surface area contributed by atoms with Crippen molar-refractivity contribution in [1.82, 2.24) is 0 Å². The van der Waals surface area contributed by atoms with Crippen LogP contribution < -0.4 is 5.73 Å². The van der Waals surface area contributed by atoms with Crippen LogP contribution in [0.4, 0.5) is 13.2 Å². The summed E-state index contributed by atoms with van der Waals surface area (Å²) in [5.74, 6) is 0. The molecule has 0 saturated carbocycles. The molecule has 1 rings (SSSR count). The van der Waals surface area contributed by atoms with Crippen LogP contribution in [0.5, 0.6) is 0 Å². The Kier molecular flexibility index (Phi) is 3.18. The van der Waals surface area contributed by atoms with Gasteiger partial charge in [0, 0.05) is 10.1 Å². The lowest BCUT2D eigenvalue weighted by Crippen LogP contribution is -2.11. The van der Waals surface area contributed by atoms with E-state index in [0.717, 1.165) is 9.64 Å². The highest BCUT2D eigenvalue weighted by Crippen LogP contribution is 2.32. The predicted octanol–water partition coefficient (Wildman–Crippen LogP) is 2.77. The smallest absolute Gasteiger partial charge is 0.326 e. The second-order valence-electron chi connectivity index (χ2n) is 2.50. The lowest BCUT2D eigenvalue weighted by Gasteiger charge is -2.11. The summed E-state index contributed by atoms with van der Waals surface area (Å²) in [6, 6.07) is 3.93. The molecular weight excluding hydrogens is 294 g/mol. The number of alkyl halides is 3. The van der Waals surface area contributed by atoms with Crippen molar-refractivity contribution >= 4 is 22.6 Å². The van der Waals surface area contributed by atoms with Crippen LogP contribution in [-0.4, -0.2) is 0 Å². The van der Waals surface area contributed by atoms with Crippen molar-refractivity contribution in [2.24, 2.45) is 5.73 Å². The normalized spacial score (nSPS) is 11.8. The average molecular weight is 301 g/mol. The van der Waals surface area contributed by atoms with Crippen LogP contribution in [0.2, 0.25) is 0 Å². The van der Waals surface area contributed by atoms with Gasteiger partial charge in [-0.15, -0.1) is 0 Å². The van der Waals surface area contributed by atoms with E-state index < -0.39 is 11.7 Å². The van der Waals surface area contributed by atoms with Crippen LogP contribution in [0.25, 0.3) is 0 Å². The van der Waals surface area contributed by atoms with Gasteiger partial charge in [0.1, 0.15) is 0 Å². The van der Waals surface area contributed by atoms with Crippen LogP contribution in [-0.2, 0) is 12.7 Å². The van der Waals surface area contributed by atoms with Gasteiger partial charge in [-0.2, -0.15) is 13.2 Å². The van der Waals surface area contributed by atoms with E-state index in [-0.39, 0.29) is 12.1 Å². The van der Waals surface area contributed by atoms with Gasteiger partial charge < -0.3 is 5.73 Å². The van der Waals surface area contributed by atoms with E-state index in [9.17, 15) is 13.2 Å². The topological polar surface area (TPSA) is 26.0 Å². The average Bonchev–Trinajstić information content (AvgIpc) is 2.01. The molecule has 2 N–H and O–H groups in total. The highest BCUT2D eigenvalue weighted by molar-refractivity contribution is 14.1. The van der Waals surface area contributed by atoms with Crippen molar-refractivity contribution in [3.8, 4) is 0 Å². The Balaban J connectivity index is 3.22. The predicted molar refractivity (Wildman–Crippen MR) is 52.1 cm³/mol. The second-order valence-corrected chi connectivity index (χ2v) is 3.75. The fourth-order valence-corrected chi connectivity index (χ4v) is 1.56. The van der Waals surface area contributed by atoms with E-state index in [1.165, 1.54) is 12.1 Å². The first-order chi connectivity index (χ1) is 5.95. The third-order valence-corrected chi connectivity index (χ3v) is 2.26. The van der Waals surface area contributed by atoms with Crippen LogP contribution in [0.3, 0.4) is 0 Å². The number of hydrogen-bond donors (Lipinski definition) is 1. The number of nitrogens with two attached hydrogens (primary N) is 1. The van der Waals surface area contributed by atoms with Gasteiger partial charge in [0.2, 0.25) is 0 Å². The fraction of sp³-hybridized carbons (Fsp3) is 0.250. The standard InChI is InChI=1S/C8H7F3IN/c9-8(10,11)7-2-1-6(12)3-5(7)4-13/h1-3H,4,13H2. The van der Waals surface area contributed by atoms with Crippen LogP contribution in [0, 0.1) is 3.57 Å². The zero-order valence-electron chi connectivity index (χ0n) is 6.53. The van der Waals surface area contributed by atoms with E-state index in [0.29, 0.717) is 0 Å². The van der Waals surface area contributed by atoms with Crippen molar-refractivity contribution in [3.63, 3.8) is 0 Å². The summed E-state index contributed by atoms with van der Waals surface area (Å²) >= 11 is 1.95. The summed E-state index contributed by atoms with van der Waals surface area (Å²) in [4.78, 5) is 0. The summed E-state index contributed by atoms with van der Waals surface area (Å²) in [6.45, 7) is -0.0916. The molecule has 5 heteroatoms. The quantitative estimate of drug-likeness (QED) is 0.793. The van der Waals surface area contributed by atoms with Gasteiger partial charge >= 0.3 is 6.18 Å². The van der Waals surface area contributed by atoms with Crippen molar-refractivity contribution < 1.29 is 13.2 Å². The van der Waals surface area contributed by atoms with Gasteiger partial charge in [-0.05, 0) is 46.4 Å². The van der Waals surface area contributed by atoms with Crippen LogP contribution in [0.15, 0.2) is 18.2 Å². The van der Waals surface area contributed by atoms with Crippen molar-refractivity contribution in [1.29, 1.82) is 0 Å². The maximum Gasteiger partial charge on any atom is 0.416 e. The third-order valence-electron chi connectivity index (χ3n) is 1.59. The van der Waals surface area contributed by atoms with Gasteiger partial charge in [-0.3, -0.25) is 0 Å². The molecule has 13 heavy (non-hydrogen) atoms. The van der Waals surface area contributed by atoms with Crippen molar-refractivity contribution in [2.45, 2.75) is 12.7 Å². The number of hydrogen-bond acceptors (Lipinski definition) is 1. The Morgan fingerprint density at radius 3 is 2.38 bits per heavy atom. The van der Waals surface area contributed by atoms with Gasteiger partial charge in [-0.1, -0.05) is 0 Å². The molecule has 0 aliphatic carbocycles. The molecule has 0 radical (unpaired) electrons. The Hall–Kier alpha value is -0.300. The van der Waals surface area contributed by atoms with Gasteiger partial charge in [0.25, 0.3) is 0 Å². The van der Waals surface area contributed by atoms with Gasteiger partial charge in [-0.25, -0.2) is 0 Å². The second kappa shape index (κ2) is 3.83. The Labute approximate surface area is 87.3 Å². The number of benzene rings is 1. The lowest BCUT2D eigenvalue weighted by atomic mass is 10.1. The molecule has 0 aromatic heterocycles. The molecule has 0 spiro atoms. The molecule has 1 aromatic carbocycles. The molecule has 0 aliphatic rings. The molecular formula is C8H7F3IN. The summed E-state index contributed by atoms with van der Waals surface area (Å²) < 4.78 is 37.7. The maximum absolute atomic E-state index is 12.3. The molecule has 0 heterocycles. The molecule has 1 aromatic rings. The van der Waals surface area contributed by atoms with Gasteiger partial charge in [0.05, 0.1) is 5.56 Å². The zero-order chi connectivity index (χ0) is 10.1. The summed E-state index contributed by atoms with van der Waals surface area (Å²) in [6.07, 6.45) is -4.31. The van der Waals surface area contributed by atoms with E-state index in [1.807, 2.05) is 22.6 Å². The number of rotatable bonds is 1. The van der Waals surface area contributed by atoms with E-state index in [1.54, 1.807) is 0 Å². The third kappa shape index (κ3) is 2.57. The Bertz CT molecular complexity index is 309. The summed E-state index contributed by atoms with van der Waals surface area (Å²) in [7, 11) is 0. The van der Waals surface area contributed by atoms with E-state index in [4.69, 9.17) is 5.73 Å². The largest absolute Gasteiger partial charge is 0.416 e. The van der Waals surface area contributed by atoms with E-state index in [2.05, 4.69) is 0 Å². The molecule has 0 atom stereocenters. The SMILES string of the molecule is NCc1cc(I)ccc1C(F)(F)F. The minimum Gasteiger partial charge on any atom is -0.326 e. The molecule has 1 nitrogen and oxygen atoms in total. The summed E-state index contributed by atoms with van der Waals surface area (Å²) in [5, 5.41) is 0. The first kappa shape index (κ1) is 10.8. The molecule has 0 amide bonds. The minimum atomic E-state index is -4.31. The number of halogens is 4. The fourth-order valence-electron chi connectivity index (χ4n) is 1.01. The Morgan fingerprint density at radius 2 is 1.92 bits per heavy atom.